The van der Waals surface area contributed by atoms with E-state index in [0.29, 0.717) is 38.1 Å². The molecule has 3 atom stereocenters. The summed E-state index contributed by atoms with van der Waals surface area (Å²) in [7, 11) is -3.58. The number of sulfonamides is 1. The fourth-order valence-corrected chi connectivity index (χ4v) is 13.1. The van der Waals surface area contributed by atoms with E-state index in [9.17, 15) is 22.8 Å². The van der Waals surface area contributed by atoms with Crippen LogP contribution in [0.3, 0.4) is 0 Å². The third kappa shape index (κ3) is 26.5. The molecule has 0 amide bonds. The van der Waals surface area contributed by atoms with E-state index in [2.05, 4.69) is 51.2 Å². The van der Waals surface area contributed by atoms with Crippen LogP contribution in [-0.4, -0.2) is 75.2 Å². The molecule has 9 nitrogen and oxygen atoms in total. The minimum absolute atomic E-state index is 0.0155. The lowest BCUT2D eigenvalue weighted by atomic mass is 9.70. The predicted octanol–water partition coefficient (Wildman–Crippen LogP) is 15.2. The topological polar surface area (TPSA) is 119 Å². The highest BCUT2D eigenvalue weighted by Gasteiger charge is 2.65. The van der Waals surface area contributed by atoms with Crippen LogP contribution in [0, 0.1) is 16.7 Å². The van der Waals surface area contributed by atoms with Crippen molar-refractivity contribution in [3.05, 3.63) is 0 Å². The number of fused-ring (bicyclic) bond motifs is 2. The maximum Gasteiger partial charge on any atom is 0.306 e. The highest BCUT2D eigenvalue weighted by atomic mass is 32.2. The maximum atomic E-state index is 13.4. The van der Waals surface area contributed by atoms with Crippen molar-refractivity contribution in [1.29, 1.82) is 0 Å². The zero-order chi connectivity index (χ0) is 49.1. The van der Waals surface area contributed by atoms with Gasteiger partial charge in [0.15, 0.2) is 0 Å². The number of hydrogen-bond donors (Lipinski definition) is 1. The summed E-state index contributed by atoms with van der Waals surface area (Å²) in [5, 5.41) is 0. The Morgan fingerprint density at radius 1 is 0.582 bits per heavy atom. The van der Waals surface area contributed by atoms with Gasteiger partial charge in [-0.05, 0) is 121 Å². The second-order valence-corrected chi connectivity index (χ2v) is 23.7. The average molecular weight is 966 g/mol. The zero-order valence-electron chi connectivity index (χ0n) is 44.9. The molecule has 67 heavy (non-hydrogen) atoms. The van der Waals surface area contributed by atoms with Crippen LogP contribution in [0.2, 0.25) is 0 Å². The molecule has 2 aliphatic carbocycles. The van der Waals surface area contributed by atoms with Crippen LogP contribution in [0.15, 0.2) is 0 Å². The molecule has 0 aromatic carbocycles. The van der Waals surface area contributed by atoms with Crippen molar-refractivity contribution in [2.24, 2.45) is 16.7 Å². The molecule has 2 aliphatic rings. The lowest BCUT2D eigenvalue weighted by molar-refractivity contribution is -0.150. The minimum Gasteiger partial charge on any atom is -0.462 e. The summed E-state index contributed by atoms with van der Waals surface area (Å²) in [4.78, 5) is 41.1. The standard InChI is InChI=1S/C57H108N2O7S/c1-7-11-14-17-22-29-37-51(10-4)65-54(61)40-32-25-20-27-34-45-59(47-36-44-58-67(63,64)49-57-43-42-50(48-53(57)60)56(57,5)6)46-35-28-21-26-33-41-55(62)66-52(38-30-23-18-15-12-8-2)39-31-24-19-16-13-9-3/h50-52,58H,7-49H2,1-6H3/t50-,51?,57+/m0/s1. The molecule has 0 spiro atoms. The first-order valence-electron chi connectivity index (χ1n) is 29.0. The van der Waals surface area contributed by atoms with Crippen LogP contribution in [-0.2, 0) is 33.9 Å². The number of esters is 2. The summed E-state index contributed by atoms with van der Waals surface area (Å²) in [6.07, 6.45) is 40.9. The monoisotopic (exact) mass is 965 g/mol. The van der Waals surface area contributed by atoms with Crippen LogP contribution in [0.5, 0.6) is 0 Å². The normalized spacial score (nSPS) is 18.4. The third-order valence-corrected chi connectivity index (χ3v) is 17.5. The molecule has 1 N–H and O–H groups in total. The van der Waals surface area contributed by atoms with Crippen molar-refractivity contribution < 1.29 is 32.3 Å². The van der Waals surface area contributed by atoms with Gasteiger partial charge < -0.3 is 14.4 Å². The van der Waals surface area contributed by atoms with Crippen molar-refractivity contribution in [3.63, 3.8) is 0 Å². The molecule has 0 aliphatic heterocycles. The number of rotatable bonds is 47. The molecule has 2 rings (SSSR count). The van der Waals surface area contributed by atoms with Gasteiger partial charge in [0.25, 0.3) is 0 Å². The lowest BCUT2D eigenvalue weighted by Crippen LogP contribution is -2.45. The van der Waals surface area contributed by atoms with Gasteiger partial charge in [0, 0.05) is 31.2 Å². The summed E-state index contributed by atoms with van der Waals surface area (Å²) >= 11 is 0. The van der Waals surface area contributed by atoms with Crippen molar-refractivity contribution in [3.8, 4) is 0 Å². The highest BCUT2D eigenvalue weighted by Crippen LogP contribution is 2.64. The zero-order valence-corrected chi connectivity index (χ0v) is 45.7. The SMILES string of the molecule is CCCCCCCCC(CC)OC(=O)CCCCCCCN(CCCCCCCC(=O)OC(CCCCCCCC)CCCCCCCC)CCCNS(=O)(=O)C[C@]12CC[C@@H](CC1=O)C2(C)C. The predicted molar refractivity (Wildman–Crippen MR) is 281 cm³/mol. The van der Waals surface area contributed by atoms with Crippen LogP contribution < -0.4 is 4.72 Å². The minimum atomic E-state index is -3.58. The van der Waals surface area contributed by atoms with Crippen molar-refractivity contribution in [2.45, 2.75) is 298 Å². The molecule has 1 unspecified atom stereocenters. The number of ether oxygens (including phenoxy) is 2. The highest BCUT2D eigenvalue weighted by molar-refractivity contribution is 7.89. The van der Waals surface area contributed by atoms with Gasteiger partial charge in [-0.2, -0.15) is 0 Å². The summed E-state index contributed by atoms with van der Waals surface area (Å²) in [5.41, 5.74) is -1.01. The number of ketones is 1. The summed E-state index contributed by atoms with van der Waals surface area (Å²) < 4.78 is 41.5. The molecule has 0 saturated heterocycles. The van der Waals surface area contributed by atoms with Crippen LogP contribution in [0.1, 0.15) is 286 Å². The fraction of sp³-hybridized carbons (Fsp3) is 0.947. The number of carbonyl (C=O) groups is 3. The van der Waals surface area contributed by atoms with Gasteiger partial charge in [0.2, 0.25) is 10.0 Å². The van der Waals surface area contributed by atoms with Crippen LogP contribution in [0.25, 0.3) is 0 Å². The molecule has 2 saturated carbocycles. The van der Waals surface area contributed by atoms with Gasteiger partial charge in [-0.25, -0.2) is 13.1 Å². The van der Waals surface area contributed by atoms with Gasteiger partial charge in [0.1, 0.15) is 18.0 Å². The first-order chi connectivity index (χ1) is 32.3. The Balaban J connectivity index is 1.76. The van der Waals surface area contributed by atoms with Crippen molar-refractivity contribution >= 4 is 27.7 Å². The number of hydrogen-bond acceptors (Lipinski definition) is 8. The molecule has 394 valence electrons. The number of nitrogens with one attached hydrogen (secondary N) is 1. The smallest absolute Gasteiger partial charge is 0.306 e. The Bertz CT molecular complexity index is 1370. The van der Waals surface area contributed by atoms with Gasteiger partial charge in [-0.1, -0.05) is 176 Å². The van der Waals surface area contributed by atoms with Crippen LogP contribution in [0.4, 0.5) is 0 Å². The molecule has 0 radical (unpaired) electrons. The first kappa shape index (κ1) is 61.6. The van der Waals surface area contributed by atoms with Gasteiger partial charge >= 0.3 is 11.9 Å². The average Bonchev–Trinajstić information content (AvgIpc) is 3.64. The first-order valence-corrected chi connectivity index (χ1v) is 30.6. The van der Waals surface area contributed by atoms with Gasteiger partial charge in [-0.15, -0.1) is 0 Å². The molecule has 0 heterocycles. The van der Waals surface area contributed by atoms with Crippen molar-refractivity contribution in [1.82, 2.24) is 9.62 Å². The van der Waals surface area contributed by atoms with E-state index in [1.165, 1.54) is 96.3 Å². The van der Waals surface area contributed by atoms with Gasteiger partial charge in [0.05, 0.1) is 5.75 Å². The fourth-order valence-electron chi connectivity index (χ4n) is 11.2. The van der Waals surface area contributed by atoms with E-state index < -0.39 is 15.4 Å². The molecule has 0 aromatic heterocycles. The molecule has 10 heteroatoms. The van der Waals surface area contributed by atoms with E-state index >= 15 is 0 Å². The number of carbonyl (C=O) groups excluding carboxylic acids is 3. The molecular formula is C57H108N2O7S. The lowest BCUT2D eigenvalue weighted by Gasteiger charge is -2.36. The van der Waals surface area contributed by atoms with Crippen LogP contribution >= 0.6 is 0 Å². The van der Waals surface area contributed by atoms with E-state index in [4.69, 9.17) is 9.47 Å². The second-order valence-electron chi connectivity index (χ2n) is 21.9. The largest absolute Gasteiger partial charge is 0.462 e. The Morgan fingerprint density at radius 3 is 1.42 bits per heavy atom. The summed E-state index contributed by atoms with van der Waals surface area (Å²) in [5.74, 6) is 0.292. The molecule has 0 aromatic rings. The Hall–Kier alpha value is -1.52. The third-order valence-electron chi connectivity index (χ3n) is 15.9. The van der Waals surface area contributed by atoms with Crippen molar-refractivity contribution in [2.75, 3.05) is 31.9 Å². The van der Waals surface area contributed by atoms with E-state index in [0.717, 1.165) is 142 Å². The number of unbranched alkanes of at least 4 members (excludes halogenated alkanes) is 23. The Kier molecular flexibility index (Phi) is 34.3. The van der Waals surface area contributed by atoms with Gasteiger partial charge in [-0.3, -0.25) is 14.4 Å². The number of nitrogens with zero attached hydrogens (tertiary/aromatic N) is 1. The quantitative estimate of drug-likeness (QED) is 0.0473. The molecular weight excluding hydrogens is 857 g/mol. The number of Topliss-reactive ketones (excluding diaryl/α,β-unsaturated/α-hetero) is 1. The Labute approximate surface area is 414 Å². The second kappa shape index (κ2) is 37.3. The summed E-state index contributed by atoms with van der Waals surface area (Å²) in [6.45, 7) is 16.2. The Morgan fingerprint density at radius 2 is 0.985 bits per heavy atom. The molecule has 2 bridgehead atoms. The molecule has 2 fully saturated rings. The van der Waals surface area contributed by atoms with E-state index in [-0.39, 0.29) is 41.1 Å². The summed E-state index contributed by atoms with van der Waals surface area (Å²) in [6, 6.07) is 0. The van der Waals surface area contributed by atoms with E-state index in [1.807, 2.05) is 0 Å². The maximum absolute atomic E-state index is 13.4. The van der Waals surface area contributed by atoms with E-state index in [1.54, 1.807) is 0 Å².